The molecule has 0 aliphatic rings. The molecule has 1 heterocycles. The van der Waals surface area contributed by atoms with Crippen molar-refractivity contribution in [3.8, 4) is 0 Å². The highest BCUT2D eigenvalue weighted by atomic mass is 35.5. The van der Waals surface area contributed by atoms with Crippen molar-refractivity contribution in [2.75, 3.05) is 0 Å². The fourth-order valence-corrected chi connectivity index (χ4v) is 1.03. The molecule has 2 N–H and O–H groups in total. The minimum absolute atomic E-state index is 0.187. The quantitative estimate of drug-likeness (QED) is 0.556. The first-order valence-electron chi connectivity index (χ1n) is 3.53. The number of carbonyl (C=O) groups excluding carboxylic acids is 1. The highest BCUT2D eigenvalue weighted by molar-refractivity contribution is 6.32. The van der Waals surface area contributed by atoms with Crippen LogP contribution in [0.15, 0.2) is 18.3 Å². The molecule has 1 atom stereocenters. The second-order valence-corrected chi connectivity index (χ2v) is 2.85. The van der Waals surface area contributed by atoms with Crippen molar-refractivity contribution in [1.29, 1.82) is 0 Å². The Morgan fingerprint density at radius 3 is 2.92 bits per heavy atom. The molecule has 0 fully saturated rings. The van der Waals surface area contributed by atoms with Crippen molar-refractivity contribution in [3.05, 3.63) is 29.0 Å². The summed E-state index contributed by atoms with van der Waals surface area (Å²) in [5, 5.41) is 0.208. The van der Waals surface area contributed by atoms with Gasteiger partial charge in [0.05, 0.1) is 11.6 Å². The van der Waals surface area contributed by atoms with Crippen LogP contribution in [0, 0.1) is 0 Å². The van der Waals surface area contributed by atoms with Gasteiger partial charge in [-0.2, -0.15) is 0 Å². The van der Waals surface area contributed by atoms with Crippen molar-refractivity contribution < 1.29 is 4.79 Å². The van der Waals surface area contributed by atoms with E-state index in [1.54, 1.807) is 19.1 Å². The number of carbonyl (C=O) groups is 1. The molecule has 0 bridgehead atoms. The molecule has 1 aromatic rings. The third-order valence-corrected chi connectivity index (χ3v) is 1.74. The molecular formula is C8H9ClN2O. The van der Waals surface area contributed by atoms with Gasteiger partial charge in [0.2, 0.25) is 0 Å². The maximum atomic E-state index is 11.3. The molecule has 0 saturated heterocycles. The van der Waals surface area contributed by atoms with E-state index in [-0.39, 0.29) is 10.9 Å². The molecule has 0 spiro atoms. The first-order chi connectivity index (χ1) is 5.63. The largest absolute Gasteiger partial charge is 0.321 e. The third-order valence-electron chi connectivity index (χ3n) is 1.44. The van der Waals surface area contributed by atoms with Crippen molar-refractivity contribution >= 4 is 17.4 Å². The summed E-state index contributed by atoms with van der Waals surface area (Å²) in [7, 11) is 0. The predicted molar refractivity (Wildman–Crippen MR) is 47.2 cm³/mol. The van der Waals surface area contributed by atoms with E-state index in [1.807, 2.05) is 0 Å². The van der Waals surface area contributed by atoms with E-state index in [0.29, 0.717) is 5.56 Å². The zero-order valence-corrected chi connectivity index (χ0v) is 7.38. The van der Waals surface area contributed by atoms with Crippen LogP contribution in [-0.2, 0) is 0 Å². The molecule has 12 heavy (non-hydrogen) atoms. The predicted octanol–water partition coefficient (Wildman–Crippen LogP) is 1.26. The van der Waals surface area contributed by atoms with E-state index in [4.69, 9.17) is 17.3 Å². The summed E-state index contributed by atoms with van der Waals surface area (Å²) in [5.74, 6) is -0.187. The first kappa shape index (κ1) is 9.16. The molecule has 1 unspecified atom stereocenters. The molecule has 3 nitrogen and oxygen atoms in total. The summed E-state index contributed by atoms with van der Waals surface area (Å²) in [4.78, 5) is 15.1. The normalized spacial score (nSPS) is 12.6. The number of aromatic nitrogens is 1. The van der Waals surface area contributed by atoms with Gasteiger partial charge in [0.25, 0.3) is 0 Å². The number of nitrogens with two attached hydrogens (primary N) is 1. The zero-order chi connectivity index (χ0) is 9.14. The molecule has 1 rings (SSSR count). The molecule has 4 heteroatoms. The van der Waals surface area contributed by atoms with Crippen LogP contribution < -0.4 is 5.73 Å². The highest BCUT2D eigenvalue weighted by Crippen LogP contribution is 2.12. The zero-order valence-electron chi connectivity index (χ0n) is 6.62. The van der Waals surface area contributed by atoms with Crippen molar-refractivity contribution in [2.45, 2.75) is 13.0 Å². The Labute approximate surface area is 75.6 Å². The lowest BCUT2D eigenvalue weighted by molar-refractivity contribution is 0.0968. The van der Waals surface area contributed by atoms with Gasteiger partial charge in [-0.15, -0.1) is 0 Å². The van der Waals surface area contributed by atoms with Crippen LogP contribution in [0.2, 0.25) is 5.15 Å². The number of ketones is 1. The van der Waals surface area contributed by atoms with E-state index in [1.165, 1.54) is 6.20 Å². The number of hydrogen-bond donors (Lipinski definition) is 1. The van der Waals surface area contributed by atoms with Crippen LogP contribution in [0.5, 0.6) is 0 Å². The molecule has 0 saturated carbocycles. The number of pyridine rings is 1. The van der Waals surface area contributed by atoms with Crippen molar-refractivity contribution in [3.63, 3.8) is 0 Å². The molecule has 0 aliphatic carbocycles. The summed E-state index contributed by atoms with van der Waals surface area (Å²) < 4.78 is 0. The smallest absolute Gasteiger partial charge is 0.182 e. The van der Waals surface area contributed by atoms with Gasteiger partial charge in [0.15, 0.2) is 5.78 Å². The summed E-state index contributed by atoms with van der Waals surface area (Å²) in [5.41, 5.74) is 5.78. The first-order valence-corrected chi connectivity index (χ1v) is 3.91. The number of rotatable bonds is 2. The number of Topliss-reactive ketones (excluding diaryl/α,β-unsaturated/α-hetero) is 1. The number of nitrogens with zero attached hydrogens (tertiary/aromatic N) is 1. The Hall–Kier alpha value is -0.930. The molecule has 1 aromatic heterocycles. The maximum Gasteiger partial charge on any atom is 0.182 e. The fourth-order valence-electron chi connectivity index (χ4n) is 0.815. The third kappa shape index (κ3) is 1.81. The van der Waals surface area contributed by atoms with Crippen LogP contribution >= 0.6 is 11.6 Å². The Morgan fingerprint density at radius 2 is 2.42 bits per heavy atom. The second-order valence-electron chi connectivity index (χ2n) is 2.49. The summed E-state index contributed by atoms with van der Waals surface area (Å²) in [6, 6.07) is 2.73. The maximum absolute atomic E-state index is 11.3. The van der Waals surface area contributed by atoms with Gasteiger partial charge in [0.1, 0.15) is 5.15 Å². The molecule has 0 amide bonds. The fraction of sp³-hybridized carbons (Fsp3) is 0.250. The van der Waals surface area contributed by atoms with Crippen LogP contribution in [0.1, 0.15) is 17.3 Å². The monoisotopic (exact) mass is 184 g/mol. The van der Waals surface area contributed by atoms with Crippen LogP contribution in [0.4, 0.5) is 0 Å². The molecule has 64 valence electrons. The van der Waals surface area contributed by atoms with Crippen molar-refractivity contribution in [2.24, 2.45) is 5.73 Å². The van der Waals surface area contributed by atoms with Crippen LogP contribution in [0.3, 0.4) is 0 Å². The van der Waals surface area contributed by atoms with E-state index in [0.717, 1.165) is 0 Å². The standard InChI is InChI=1S/C8H9ClN2O/c1-5(10)7(12)6-3-2-4-11-8(6)9/h2-5H,10H2,1H3. The number of hydrogen-bond acceptors (Lipinski definition) is 3. The van der Waals surface area contributed by atoms with Gasteiger partial charge in [-0.05, 0) is 19.1 Å². The topological polar surface area (TPSA) is 56.0 Å². The SMILES string of the molecule is CC(N)C(=O)c1cccnc1Cl. The van der Waals surface area contributed by atoms with Crippen LogP contribution in [-0.4, -0.2) is 16.8 Å². The van der Waals surface area contributed by atoms with Gasteiger partial charge >= 0.3 is 0 Å². The Balaban J connectivity index is 3.03. The molecule has 0 aromatic carbocycles. The Kier molecular flexibility index (Phi) is 2.78. The van der Waals surface area contributed by atoms with Gasteiger partial charge in [-0.25, -0.2) is 4.98 Å². The summed E-state index contributed by atoms with van der Waals surface area (Å²) in [6.45, 7) is 1.62. The highest BCUT2D eigenvalue weighted by Gasteiger charge is 2.13. The molecular weight excluding hydrogens is 176 g/mol. The minimum Gasteiger partial charge on any atom is -0.321 e. The average Bonchev–Trinajstić information content (AvgIpc) is 2.04. The lowest BCUT2D eigenvalue weighted by Crippen LogP contribution is -2.26. The lowest BCUT2D eigenvalue weighted by Gasteiger charge is -2.04. The summed E-state index contributed by atoms with van der Waals surface area (Å²) >= 11 is 5.68. The Morgan fingerprint density at radius 1 is 1.75 bits per heavy atom. The van der Waals surface area contributed by atoms with E-state index in [2.05, 4.69) is 4.98 Å². The van der Waals surface area contributed by atoms with Gasteiger partial charge < -0.3 is 5.73 Å². The molecule has 0 radical (unpaired) electrons. The van der Waals surface area contributed by atoms with Crippen LogP contribution in [0.25, 0.3) is 0 Å². The van der Waals surface area contributed by atoms with Crippen molar-refractivity contribution in [1.82, 2.24) is 4.98 Å². The second kappa shape index (κ2) is 3.65. The lowest BCUT2D eigenvalue weighted by atomic mass is 10.1. The van der Waals surface area contributed by atoms with E-state index < -0.39 is 6.04 Å². The van der Waals surface area contributed by atoms with E-state index >= 15 is 0 Å². The summed E-state index contributed by atoms with van der Waals surface area (Å²) in [6.07, 6.45) is 1.53. The van der Waals surface area contributed by atoms with Gasteiger partial charge in [-0.1, -0.05) is 11.6 Å². The minimum atomic E-state index is -0.535. The van der Waals surface area contributed by atoms with E-state index in [9.17, 15) is 4.79 Å². The number of halogens is 1. The van der Waals surface area contributed by atoms with Gasteiger partial charge in [-0.3, -0.25) is 4.79 Å². The average molecular weight is 185 g/mol. The molecule has 0 aliphatic heterocycles. The van der Waals surface area contributed by atoms with Gasteiger partial charge in [0, 0.05) is 6.20 Å². The Bertz CT molecular complexity index is 299.